The Hall–Kier alpha value is -0.670. The molecule has 0 N–H and O–H groups in total. The molecule has 0 atom stereocenters. The van der Waals surface area contributed by atoms with Gasteiger partial charge in [-0.05, 0) is 34.6 Å². The Morgan fingerprint density at radius 2 is 1.95 bits per heavy atom. The molecule has 1 heterocycles. The van der Waals surface area contributed by atoms with E-state index in [4.69, 9.17) is 10.7 Å². The monoisotopic (exact) mass is 425 g/mol. The molecular formula is C12H13ClIN3O2S. The average Bonchev–Trinajstić information content (AvgIpc) is 2.72. The second-order valence-electron chi connectivity index (χ2n) is 4.73. The summed E-state index contributed by atoms with van der Waals surface area (Å²) in [6, 6.07) is 7.60. The molecular weight excluding hydrogens is 413 g/mol. The van der Waals surface area contributed by atoms with E-state index in [-0.39, 0.29) is 11.1 Å². The Labute approximate surface area is 135 Å². The van der Waals surface area contributed by atoms with Crippen molar-refractivity contribution < 1.29 is 8.42 Å². The lowest BCUT2D eigenvalue weighted by atomic mass is 10.2. The van der Waals surface area contributed by atoms with Gasteiger partial charge in [0.1, 0.15) is 0 Å². The van der Waals surface area contributed by atoms with Crippen molar-refractivity contribution in [1.29, 1.82) is 0 Å². The minimum absolute atomic E-state index is 0.206. The Morgan fingerprint density at radius 3 is 2.50 bits per heavy atom. The van der Waals surface area contributed by atoms with Gasteiger partial charge in [-0.3, -0.25) is 4.57 Å². The highest BCUT2D eigenvalue weighted by Gasteiger charge is 2.24. The predicted molar refractivity (Wildman–Crippen MR) is 86.1 cm³/mol. The summed E-state index contributed by atoms with van der Waals surface area (Å²) >= 11 is 2.18. The molecule has 0 spiro atoms. The van der Waals surface area contributed by atoms with Crippen molar-refractivity contribution in [1.82, 2.24) is 14.8 Å². The summed E-state index contributed by atoms with van der Waals surface area (Å²) in [7, 11) is 1.51. The number of aromatic nitrogens is 3. The van der Waals surface area contributed by atoms with Crippen LogP contribution in [0.4, 0.5) is 0 Å². The van der Waals surface area contributed by atoms with E-state index >= 15 is 0 Å². The molecule has 2 aromatic rings. The molecule has 20 heavy (non-hydrogen) atoms. The molecule has 1 aromatic carbocycles. The summed E-state index contributed by atoms with van der Waals surface area (Å²) < 4.78 is 25.7. The van der Waals surface area contributed by atoms with Crippen molar-refractivity contribution >= 4 is 42.3 Å². The first-order chi connectivity index (χ1) is 9.30. The maximum atomic E-state index is 11.6. The van der Waals surface area contributed by atoms with Crippen LogP contribution in [0.25, 0.3) is 11.4 Å². The quantitative estimate of drug-likeness (QED) is 0.558. The Balaban J connectivity index is 2.66. The standard InChI is InChI=1S/C12H13ClIN3O2S/c1-8(2)7-17-11(9-5-3-4-6-10(9)14)15-16-12(17)20(13,18)19/h3-6,8H,7H2,1-2H3. The van der Waals surface area contributed by atoms with Gasteiger partial charge in [0, 0.05) is 26.4 Å². The lowest BCUT2D eigenvalue weighted by molar-refractivity contribution is 0.488. The number of hydrogen-bond donors (Lipinski definition) is 0. The molecule has 0 saturated heterocycles. The average molecular weight is 426 g/mol. The van der Waals surface area contributed by atoms with Crippen LogP contribution in [-0.2, 0) is 15.6 Å². The van der Waals surface area contributed by atoms with Crippen molar-refractivity contribution in [2.45, 2.75) is 25.5 Å². The maximum Gasteiger partial charge on any atom is 0.296 e. The highest BCUT2D eigenvalue weighted by atomic mass is 127. The first-order valence-electron chi connectivity index (χ1n) is 5.93. The van der Waals surface area contributed by atoms with E-state index in [1.807, 2.05) is 38.1 Å². The van der Waals surface area contributed by atoms with Crippen LogP contribution >= 0.6 is 33.3 Å². The van der Waals surface area contributed by atoms with Crippen molar-refractivity contribution in [3.63, 3.8) is 0 Å². The van der Waals surface area contributed by atoms with Gasteiger partial charge in [0.2, 0.25) is 0 Å². The molecule has 5 nitrogen and oxygen atoms in total. The summed E-state index contributed by atoms with van der Waals surface area (Å²) in [6.07, 6.45) is 0. The molecule has 0 bridgehead atoms. The highest BCUT2D eigenvalue weighted by molar-refractivity contribution is 14.1. The fourth-order valence-corrected chi connectivity index (χ4v) is 3.37. The van der Waals surface area contributed by atoms with Gasteiger partial charge in [0.05, 0.1) is 0 Å². The molecule has 0 aliphatic carbocycles. The molecule has 108 valence electrons. The molecule has 2 rings (SSSR count). The topological polar surface area (TPSA) is 64.8 Å². The fourth-order valence-electron chi connectivity index (χ4n) is 1.84. The lowest BCUT2D eigenvalue weighted by Crippen LogP contribution is -2.12. The normalized spacial score (nSPS) is 12.1. The van der Waals surface area contributed by atoms with Gasteiger partial charge < -0.3 is 0 Å². The predicted octanol–water partition coefficient (Wildman–Crippen LogP) is 3.13. The van der Waals surface area contributed by atoms with E-state index in [2.05, 4.69) is 32.8 Å². The summed E-state index contributed by atoms with van der Waals surface area (Å²) in [6.45, 7) is 4.46. The van der Waals surface area contributed by atoms with Gasteiger partial charge in [-0.15, -0.1) is 10.2 Å². The Morgan fingerprint density at radius 1 is 1.30 bits per heavy atom. The van der Waals surface area contributed by atoms with Gasteiger partial charge in [-0.2, -0.15) is 0 Å². The van der Waals surface area contributed by atoms with E-state index < -0.39 is 9.05 Å². The van der Waals surface area contributed by atoms with Crippen LogP contribution in [0.5, 0.6) is 0 Å². The molecule has 0 unspecified atom stereocenters. The van der Waals surface area contributed by atoms with E-state index in [1.54, 1.807) is 4.57 Å². The molecule has 0 aliphatic rings. The first kappa shape index (κ1) is 15.7. The van der Waals surface area contributed by atoms with Gasteiger partial charge >= 0.3 is 0 Å². The summed E-state index contributed by atoms with van der Waals surface area (Å²) in [5.74, 6) is 0.756. The number of benzene rings is 1. The first-order valence-corrected chi connectivity index (χ1v) is 9.32. The molecule has 0 fully saturated rings. The van der Waals surface area contributed by atoms with Crippen LogP contribution < -0.4 is 0 Å². The van der Waals surface area contributed by atoms with Crippen LogP contribution in [0, 0.1) is 9.49 Å². The van der Waals surface area contributed by atoms with Gasteiger partial charge in [-0.1, -0.05) is 32.0 Å². The highest BCUT2D eigenvalue weighted by Crippen LogP contribution is 2.27. The van der Waals surface area contributed by atoms with Crippen LogP contribution in [-0.4, -0.2) is 23.2 Å². The largest absolute Gasteiger partial charge is 0.297 e. The van der Waals surface area contributed by atoms with E-state index in [9.17, 15) is 8.42 Å². The summed E-state index contributed by atoms with van der Waals surface area (Å²) in [5, 5.41) is 7.55. The minimum atomic E-state index is -3.92. The summed E-state index contributed by atoms with van der Waals surface area (Å²) in [4.78, 5) is 0. The van der Waals surface area contributed by atoms with Crippen LogP contribution in [0.2, 0.25) is 0 Å². The molecule has 0 radical (unpaired) electrons. The zero-order valence-electron chi connectivity index (χ0n) is 10.9. The second-order valence-corrected chi connectivity index (χ2v) is 8.35. The number of nitrogens with zero attached hydrogens (tertiary/aromatic N) is 3. The zero-order chi connectivity index (χ0) is 14.9. The third-order valence-corrected chi connectivity index (χ3v) is 4.69. The number of hydrogen-bond acceptors (Lipinski definition) is 4. The van der Waals surface area contributed by atoms with Gasteiger partial charge in [-0.25, -0.2) is 8.42 Å². The lowest BCUT2D eigenvalue weighted by Gasteiger charge is -2.12. The fraction of sp³-hybridized carbons (Fsp3) is 0.333. The zero-order valence-corrected chi connectivity index (χ0v) is 14.6. The SMILES string of the molecule is CC(C)Cn1c(-c2ccccc2I)nnc1S(=O)(=O)Cl. The van der Waals surface area contributed by atoms with Crippen LogP contribution in [0.15, 0.2) is 29.4 Å². The molecule has 0 saturated carbocycles. The third kappa shape index (κ3) is 3.32. The van der Waals surface area contributed by atoms with Crippen molar-refractivity contribution in [2.75, 3.05) is 0 Å². The molecule has 0 amide bonds. The summed E-state index contributed by atoms with van der Waals surface area (Å²) in [5.41, 5.74) is 0.841. The van der Waals surface area contributed by atoms with Crippen molar-refractivity contribution in [3.05, 3.63) is 27.8 Å². The molecule has 8 heteroatoms. The van der Waals surface area contributed by atoms with Crippen LogP contribution in [0.3, 0.4) is 0 Å². The number of rotatable bonds is 4. The van der Waals surface area contributed by atoms with Crippen molar-refractivity contribution in [3.8, 4) is 11.4 Å². The second kappa shape index (κ2) is 5.98. The van der Waals surface area contributed by atoms with Gasteiger partial charge in [0.25, 0.3) is 14.2 Å². The Kier molecular flexibility index (Phi) is 4.70. The Bertz CT molecular complexity index is 728. The van der Waals surface area contributed by atoms with E-state index in [0.29, 0.717) is 12.4 Å². The molecule has 1 aromatic heterocycles. The third-order valence-electron chi connectivity index (χ3n) is 2.60. The van der Waals surface area contributed by atoms with Gasteiger partial charge in [0.15, 0.2) is 5.82 Å². The number of halogens is 2. The smallest absolute Gasteiger partial charge is 0.296 e. The van der Waals surface area contributed by atoms with E-state index in [1.165, 1.54) is 0 Å². The van der Waals surface area contributed by atoms with E-state index in [0.717, 1.165) is 9.13 Å². The molecule has 0 aliphatic heterocycles. The van der Waals surface area contributed by atoms with Crippen molar-refractivity contribution in [2.24, 2.45) is 5.92 Å². The minimum Gasteiger partial charge on any atom is -0.297 e. The van der Waals surface area contributed by atoms with Crippen LogP contribution in [0.1, 0.15) is 13.8 Å². The maximum absolute atomic E-state index is 11.6.